The van der Waals surface area contributed by atoms with Gasteiger partial charge in [-0.1, -0.05) is 29.8 Å². The number of hydrogen-bond donors (Lipinski definition) is 0. The number of halogens is 1. The Morgan fingerprint density at radius 2 is 1.78 bits per heavy atom. The number of rotatable bonds is 5. The summed E-state index contributed by atoms with van der Waals surface area (Å²) >= 11 is 6.17. The summed E-state index contributed by atoms with van der Waals surface area (Å²) in [5.41, 5.74) is 1.49. The second kappa shape index (κ2) is 7.38. The van der Waals surface area contributed by atoms with E-state index in [4.69, 9.17) is 25.8 Å². The number of amides is 2. The second-order valence-electron chi connectivity index (χ2n) is 8.39. The van der Waals surface area contributed by atoms with Crippen LogP contribution in [0.1, 0.15) is 17.5 Å². The van der Waals surface area contributed by atoms with E-state index in [0.29, 0.717) is 34.4 Å². The Hall–Kier alpha value is -3.32. The lowest BCUT2D eigenvalue weighted by Gasteiger charge is -2.13. The monoisotopic (exact) mass is 450 g/mol. The third-order valence-electron chi connectivity index (χ3n) is 6.56. The number of imide groups is 1. The van der Waals surface area contributed by atoms with Crippen LogP contribution in [-0.2, 0) is 16.2 Å². The third kappa shape index (κ3) is 3.07. The zero-order valence-electron chi connectivity index (χ0n) is 16.9. The van der Waals surface area contributed by atoms with Crippen LogP contribution in [0.2, 0.25) is 5.02 Å². The van der Waals surface area contributed by atoms with Crippen molar-refractivity contribution in [3.05, 3.63) is 64.7 Å². The van der Waals surface area contributed by atoms with E-state index in [1.165, 1.54) is 6.21 Å². The molecule has 1 saturated heterocycles. The van der Waals surface area contributed by atoms with Gasteiger partial charge in [0, 0.05) is 10.6 Å². The number of nitrogens with zero attached hydrogens (tertiary/aromatic N) is 2. The zero-order chi connectivity index (χ0) is 21.8. The molecule has 162 valence electrons. The largest absolute Gasteiger partial charge is 0.488 e. The van der Waals surface area contributed by atoms with E-state index < -0.39 is 0 Å². The number of ether oxygens (including phenoxy) is 3. The first-order chi connectivity index (χ1) is 15.6. The van der Waals surface area contributed by atoms with E-state index in [1.54, 1.807) is 18.2 Å². The van der Waals surface area contributed by atoms with E-state index in [-0.39, 0.29) is 42.3 Å². The predicted molar refractivity (Wildman–Crippen MR) is 116 cm³/mol. The Morgan fingerprint density at radius 3 is 2.56 bits per heavy atom. The maximum Gasteiger partial charge on any atom is 0.254 e. The number of carbonyl (C=O) groups excluding carboxylic acids is 2. The van der Waals surface area contributed by atoms with Crippen molar-refractivity contribution in [3.63, 3.8) is 0 Å². The van der Waals surface area contributed by atoms with Gasteiger partial charge in [-0.3, -0.25) is 9.59 Å². The Kier molecular flexibility index (Phi) is 4.47. The molecule has 2 aliphatic heterocycles. The lowest BCUT2D eigenvalue weighted by atomic mass is 9.85. The second-order valence-corrected chi connectivity index (χ2v) is 8.83. The van der Waals surface area contributed by atoms with Crippen LogP contribution in [0.4, 0.5) is 0 Å². The van der Waals surface area contributed by atoms with Crippen molar-refractivity contribution < 1.29 is 23.8 Å². The molecule has 2 fully saturated rings. The molecule has 0 unspecified atom stereocenters. The number of hydrogen-bond acceptors (Lipinski definition) is 6. The van der Waals surface area contributed by atoms with Gasteiger partial charge in [-0.2, -0.15) is 10.1 Å². The van der Waals surface area contributed by atoms with Gasteiger partial charge < -0.3 is 14.2 Å². The highest BCUT2D eigenvalue weighted by Crippen LogP contribution is 2.52. The number of hydrazone groups is 1. The topological polar surface area (TPSA) is 77.4 Å². The van der Waals surface area contributed by atoms with Gasteiger partial charge in [0.2, 0.25) is 6.79 Å². The third-order valence-corrected chi connectivity index (χ3v) is 6.80. The molecule has 4 aliphatic rings. The fraction of sp³-hybridized carbons (Fsp3) is 0.292. The molecule has 2 bridgehead atoms. The van der Waals surface area contributed by atoms with Gasteiger partial charge in [-0.25, -0.2) is 0 Å². The van der Waals surface area contributed by atoms with Crippen LogP contribution in [0.15, 0.2) is 53.7 Å². The first-order valence-corrected chi connectivity index (χ1v) is 10.9. The highest BCUT2D eigenvalue weighted by atomic mass is 35.5. The van der Waals surface area contributed by atoms with E-state index >= 15 is 0 Å². The highest BCUT2D eigenvalue weighted by Gasteiger charge is 2.59. The highest BCUT2D eigenvalue weighted by molar-refractivity contribution is 6.31. The summed E-state index contributed by atoms with van der Waals surface area (Å²) in [7, 11) is 0. The quantitative estimate of drug-likeness (QED) is 0.393. The number of benzene rings is 2. The molecule has 0 radical (unpaired) electrons. The summed E-state index contributed by atoms with van der Waals surface area (Å²) in [5.74, 6) is 1.21. The van der Waals surface area contributed by atoms with Crippen LogP contribution < -0.4 is 14.2 Å². The van der Waals surface area contributed by atoms with Crippen LogP contribution in [0.3, 0.4) is 0 Å². The number of carbonyl (C=O) groups is 2. The van der Waals surface area contributed by atoms with Gasteiger partial charge in [-0.05, 0) is 54.2 Å². The van der Waals surface area contributed by atoms with Crippen molar-refractivity contribution in [2.75, 3.05) is 6.79 Å². The van der Waals surface area contributed by atoms with Gasteiger partial charge in [0.05, 0.1) is 18.1 Å². The molecular formula is C24H19ClN2O5. The Balaban J connectivity index is 1.21. The molecule has 7 nitrogen and oxygen atoms in total. The van der Waals surface area contributed by atoms with E-state index in [9.17, 15) is 9.59 Å². The SMILES string of the molecule is O=C1[C@@H]2[C@H](C(=O)N1N=Cc1cc(Cl)ccc1OCc1ccc3c(c1)OCO3)[C@H]1C=C[C@H]2C1. The van der Waals surface area contributed by atoms with Gasteiger partial charge in [0.1, 0.15) is 12.4 Å². The van der Waals surface area contributed by atoms with Crippen molar-refractivity contribution in [1.29, 1.82) is 0 Å². The Bertz CT molecular complexity index is 1160. The summed E-state index contributed by atoms with van der Waals surface area (Å²) < 4.78 is 16.7. The standard InChI is InChI=1S/C24H19ClN2O5/c25-17-4-6-18(30-11-13-1-5-19-20(7-13)32-12-31-19)16(9-17)10-26-27-23(28)21-14-2-3-15(8-14)22(21)24(27)29/h1-7,9-10,14-15,21-22H,8,11-12H2/t14-,15-,21-,22+/m0/s1. The summed E-state index contributed by atoms with van der Waals surface area (Å²) in [4.78, 5) is 25.7. The number of allylic oxidation sites excluding steroid dienone is 2. The average Bonchev–Trinajstić information content (AvgIpc) is 3.56. The van der Waals surface area contributed by atoms with Crippen molar-refractivity contribution in [2.45, 2.75) is 13.0 Å². The van der Waals surface area contributed by atoms with Gasteiger partial charge in [0.25, 0.3) is 11.8 Å². The summed E-state index contributed by atoms with van der Waals surface area (Å²) in [6.07, 6.45) is 6.47. The zero-order valence-corrected chi connectivity index (χ0v) is 17.7. The normalized spacial score (nSPS) is 27.1. The van der Waals surface area contributed by atoms with Crippen molar-refractivity contribution in [3.8, 4) is 17.2 Å². The van der Waals surface area contributed by atoms with Crippen molar-refractivity contribution in [1.82, 2.24) is 5.01 Å². The minimum Gasteiger partial charge on any atom is -0.488 e. The fourth-order valence-electron chi connectivity index (χ4n) is 5.06. The molecule has 2 amide bonds. The van der Waals surface area contributed by atoms with Crippen LogP contribution in [0, 0.1) is 23.7 Å². The van der Waals surface area contributed by atoms with E-state index in [1.807, 2.05) is 18.2 Å². The van der Waals surface area contributed by atoms with Crippen LogP contribution in [0.5, 0.6) is 17.2 Å². The molecule has 32 heavy (non-hydrogen) atoms. The minimum atomic E-state index is -0.282. The van der Waals surface area contributed by atoms with Crippen molar-refractivity contribution in [2.24, 2.45) is 28.8 Å². The van der Waals surface area contributed by atoms with Crippen LogP contribution in [0.25, 0.3) is 0 Å². The summed E-state index contributed by atoms with van der Waals surface area (Å²) in [6, 6.07) is 10.8. The van der Waals surface area contributed by atoms with Gasteiger partial charge in [-0.15, -0.1) is 0 Å². The molecule has 2 heterocycles. The lowest BCUT2D eigenvalue weighted by molar-refractivity contribution is -0.140. The predicted octanol–water partition coefficient (Wildman–Crippen LogP) is 3.79. The maximum atomic E-state index is 12.8. The van der Waals surface area contributed by atoms with Crippen molar-refractivity contribution >= 4 is 29.6 Å². The maximum absolute atomic E-state index is 12.8. The minimum absolute atomic E-state index is 0.147. The molecule has 0 aromatic heterocycles. The molecule has 2 aliphatic carbocycles. The molecule has 2 aromatic rings. The molecule has 8 heteroatoms. The van der Waals surface area contributed by atoms with Gasteiger partial charge in [0.15, 0.2) is 11.5 Å². The lowest BCUT2D eigenvalue weighted by Crippen LogP contribution is -2.28. The average molecular weight is 451 g/mol. The van der Waals surface area contributed by atoms with Crippen LogP contribution >= 0.6 is 11.6 Å². The smallest absolute Gasteiger partial charge is 0.254 e. The molecule has 1 saturated carbocycles. The Labute approximate surface area is 189 Å². The first-order valence-electron chi connectivity index (χ1n) is 10.5. The molecule has 0 N–H and O–H groups in total. The van der Waals surface area contributed by atoms with Crippen LogP contribution in [-0.4, -0.2) is 29.8 Å². The Morgan fingerprint density at radius 1 is 1.03 bits per heavy atom. The van der Waals surface area contributed by atoms with E-state index in [2.05, 4.69) is 17.3 Å². The molecular weight excluding hydrogens is 432 g/mol. The molecule has 0 spiro atoms. The summed E-state index contributed by atoms with van der Waals surface area (Å²) in [5, 5.41) is 5.76. The molecule has 4 atom stereocenters. The van der Waals surface area contributed by atoms with E-state index in [0.717, 1.165) is 17.0 Å². The summed E-state index contributed by atoms with van der Waals surface area (Å²) in [6.45, 7) is 0.504. The molecule has 6 rings (SSSR count). The fourth-order valence-corrected chi connectivity index (χ4v) is 5.24. The molecule has 2 aromatic carbocycles. The first kappa shape index (κ1) is 19.4. The number of fused-ring (bicyclic) bond motifs is 6. The van der Waals surface area contributed by atoms with Gasteiger partial charge >= 0.3 is 0 Å².